The largest absolute Gasteiger partial charge is 0.497 e. The molecule has 7 nitrogen and oxygen atoms in total. The number of ether oxygens (including phenoxy) is 3. The molecule has 0 aliphatic heterocycles. The van der Waals surface area contributed by atoms with Crippen LogP contribution in [-0.4, -0.2) is 36.1 Å². The Balaban J connectivity index is 1.31. The molecule has 0 atom stereocenters. The molecule has 0 aliphatic rings. The van der Waals surface area contributed by atoms with E-state index in [9.17, 15) is 18.0 Å². The second-order valence-electron chi connectivity index (χ2n) is 7.76. The van der Waals surface area contributed by atoms with Crippen molar-refractivity contribution in [1.29, 1.82) is 0 Å². The highest BCUT2D eigenvalue weighted by Gasteiger charge is 2.30. The first-order valence-corrected chi connectivity index (χ1v) is 12.1. The van der Waals surface area contributed by atoms with Crippen molar-refractivity contribution in [3.63, 3.8) is 0 Å². The summed E-state index contributed by atoms with van der Waals surface area (Å²) in [5.74, 6) is 0.937. The molecule has 0 saturated carbocycles. The quantitative estimate of drug-likeness (QED) is 0.101. The number of thioether (sulfide) groups is 1. The number of carbonyl (C=O) groups is 1. The number of methoxy groups -OCH3 is 2. The second-order valence-corrected chi connectivity index (χ2v) is 8.69. The summed E-state index contributed by atoms with van der Waals surface area (Å²) >= 11 is 0.919. The third-order valence-corrected chi connectivity index (χ3v) is 5.90. The van der Waals surface area contributed by atoms with Crippen LogP contribution in [0.1, 0.15) is 16.7 Å². The summed E-state index contributed by atoms with van der Waals surface area (Å²) in [5.41, 5.74) is 1.08. The topological polar surface area (TPSA) is 83.7 Å². The fraction of sp³-hybridized carbons (Fsp3) is 0.148. The van der Waals surface area contributed by atoms with Gasteiger partial charge in [0.15, 0.2) is 0 Å². The zero-order valence-corrected chi connectivity index (χ0v) is 21.0. The molecular formula is C27H21F3N2O5S. The van der Waals surface area contributed by atoms with Crippen LogP contribution < -0.4 is 14.2 Å². The lowest BCUT2D eigenvalue weighted by Crippen LogP contribution is -2.10. The van der Waals surface area contributed by atoms with Crippen LogP contribution in [0.4, 0.5) is 13.2 Å². The summed E-state index contributed by atoms with van der Waals surface area (Å²) < 4.78 is 60.0. The molecule has 38 heavy (non-hydrogen) atoms. The fourth-order valence-electron chi connectivity index (χ4n) is 3.26. The summed E-state index contributed by atoms with van der Waals surface area (Å²) in [6.45, 7) is 0. The molecule has 0 unspecified atom stereocenters. The van der Waals surface area contributed by atoms with Crippen molar-refractivity contribution in [2.45, 2.75) is 11.4 Å². The number of halogens is 3. The predicted octanol–water partition coefficient (Wildman–Crippen LogP) is 6.64. The predicted molar refractivity (Wildman–Crippen MR) is 136 cm³/mol. The van der Waals surface area contributed by atoms with Crippen molar-refractivity contribution in [3.05, 3.63) is 83.4 Å². The summed E-state index contributed by atoms with van der Waals surface area (Å²) in [6, 6.07) is 17.0. The maximum absolute atomic E-state index is 12.9. The molecule has 4 rings (SSSR count). The van der Waals surface area contributed by atoms with Gasteiger partial charge < -0.3 is 18.6 Å². The van der Waals surface area contributed by atoms with Gasteiger partial charge in [-0.1, -0.05) is 42.1 Å². The van der Waals surface area contributed by atoms with Gasteiger partial charge in [-0.3, -0.25) is 4.79 Å². The van der Waals surface area contributed by atoms with E-state index in [0.29, 0.717) is 17.2 Å². The standard InChI is InChI=1S/C27H21F3N2O5S/c1-34-22-12-18(13-23(15-22)35-2)7-6-17-8-10-21(11-9-17)36-24(33)16-38-26-32-31-25(37-26)19-4-3-5-20(14-19)27(28,29)30/h3-15H,16H2,1-2H3/b7-6+. The van der Waals surface area contributed by atoms with Gasteiger partial charge in [-0.15, -0.1) is 10.2 Å². The molecule has 11 heteroatoms. The molecule has 0 aliphatic carbocycles. The molecule has 1 heterocycles. The van der Waals surface area contributed by atoms with Gasteiger partial charge in [0.05, 0.1) is 19.8 Å². The van der Waals surface area contributed by atoms with E-state index in [1.54, 1.807) is 44.6 Å². The van der Waals surface area contributed by atoms with Gasteiger partial charge in [0.25, 0.3) is 5.22 Å². The van der Waals surface area contributed by atoms with Crippen molar-refractivity contribution >= 4 is 29.9 Å². The van der Waals surface area contributed by atoms with Crippen LogP contribution in [0.5, 0.6) is 17.2 Å². The molecule has 3 aromatic carbocycles. The maximum Gasteiger partial charge on any atom is 0.416 e. The van der Waals surface area contributed by atoms with Crippen molar-refractivity contribution in [3.8, 4) is 28.7 Å². The van der Waals surface area contributed by atoms with Crippen molar-refractivity contribution in [2.75, 3.05) is 20.0 Å². The van der Waals surface area contributed by atoms with E-state index in [0.717, 1.165) is 35.0 Å². The zero-order chi connectivity index (χ0) is 27.1. The Morgan fingerprint density at radius 2 is 1.58 bits per heavy atom. The molecule has 0 bridgehead atoms. The third-order valence-electron chi connectivity index (χ3n) is 5.11. The average molecular weight is 543 g/mol. The fourth-order valence-corrected chi connectivity index (χ4v) is 3.80. The molecule has 0 spiro atoms. The smallest absolute Gasteiger partial charge is 0.416 e. The molecule has 0 saturated heterocycles. The Morgan fingerprint density at radius 3 is 2.24 bits per heavy atom. The van der Waals surface area contributed by atoms with E-state index >= 15 is 0 Å². The molecular weight excluding hydrogens is 521 g/mol. The number of carbonyl (C=O) groups excluding carboxylic acids is 1. The summed E-state index contributed by atoms with van der Waals surface area (Å²) in [7, 11) is 3.17. The Bertz CT molecular complexity index is 1410. The first-order valence-electron chi connectivity index (χ1n) is 11.1. The van der Waals surface area contributed by atoms with Crippen LogP contribution in [0.15, 0.2) is 76.4 Å². The molecule has 0 N–H and O–H groups in total. The number of nitrogens with zero attached hydrogens (tertiary/aromatic N) is 2. The highest BCUT2D eigenvalue weighted by atomic mass is 32.2. The van der Waals surface area contributed by atoms with Gasteiger partial charge in [-0.2, -0.15) is 13.2 Å². The van der Waals surface area contributed by atoms with Crippen LogP contribution >= 0.6 is 11.8 Å². The molecule has 4 aromatic rings. The number of hydrogen-bond acceptors (Lipinski definition) is 8. The van der Waals surface area contributed by atoms with Crippen molar-refractivity contribution in [1.82, 2.24) is 10.2 Å². The average Bonchev–Trinajstić information content (AvgIpc) is 3.40. The van der Waals surface area contributed by atoms with E-state index in [2.05, 4.69) is 10.2 Å². The summed E-state index contributed by atoms with van der Waals surface area (Å²) in [4.78, 5) is 12.2. The number of aromatic nitrogens is 2. The van der Waals surface area contributed by atoms with Crippen LogP contribution in [0.25, 0.3) is 23.6 Å². The minimum Gasteiger partial charge on any atom is -0.497 e. The minimum absolute atomic E-state index is 0.0315. The lowest BCUT2D eigenvalue weighted by Gasteiger charge is -2.06. The van der Waals surface area contributed by atoms with Gasteiger partial charge in [-0.25, -0.2) is 0 Å². The Labute approximate surface area is 220 Å². The molecule has 0 radical (unpaired) electrons. The minimum atomic E-state index is -4.49. The molecule has 0 amide bonds. The van der Waals surface area contributed by atoms with E-state index in [4.69, 9.17) is 18.6 Å². The Hall–Kier alpha value is -4.25. The number of benzene rings is 3. The van der Waals surface area contributed by atoms with Crippen LogP contribution in [0, 0.1) is 0 Å². The van der Waals surface area contributed by atoms with E-state index in [-0.39, 0.29) is 22.4 Å². The van der Waals surface area contributed by atoms with Crippen LogP contribution in [-0.2, 0) is 11.0 Å². The highest BCUT2D eigenvalue weighted by Crippen LogP contribution is 2.32. The SMILES string of the molecule is COc1cc(/C=C/c2ccc(OC(=O)CSc3nnc(-c4cccc(C(F)(F)F)c4)o3)cc2)cc(OC)c1. The van der Waals surface area contributed by atoms with Gasteiger partial charge in [0.1, 0.15) is 23.0 Å². The lowest BCUT2D eigenvalue weighted by atomic mass is 10.1. The summed E-state index contributed by atoms with van der Waals surface area (Å²) in [6.07, 6.45) is -0.691. The molecule has 0 fully saturated rings. The van der Waals surface area contributed by atoms with Gasteiger partial charge in [-0.05, 0) is 53.6 Å². The van der Waals surface area contributed by atoms with Crippen molar-refractivity contribution < 1.29 is 36.6 Å². The van der Waals surface area contributed by atoms with Crippen molar-refractivity contribution in [2.24, 2.45) is 0 Å². The molecule has 1 aromatic heterocycles. The van der Waals surface area contributed by atoms with E-state index in [1.807, 2.05) is 24.3 Å². The third kappa shape index (κ3) is 7.16. The Kier molecular flexibility index (Phi) is 8.37. The first-order chi connectivity index (χ1) is 18.2. The monoisotopic (exact) mass is 542 g/mol. The van der Waals surface area contributed by atoms with Gasteiger partial charge >= 0.3 is 12.1 Å². The number of hydrogen-bond donors (Lipinski definition) is 0. The first kappa shape index (κ1) is 26.8. The van der Waals surface area contributed by atoms with Gasteiger partial charge in [0.2, 0.25) is 5.89 Å². The van der Waals surface area contributed by atoms with E-state index in [1.165, 1.54) is 12.1 Å². The van der Waals surface area contributed by atoms with E-state index < -0.39 is 17.7 Å². The highest BCUT2D eigenvalue weighted by molar-refractivity contribution is 7.99. The van der Waals surface area contributed by atoms with Crippen LogP contribution in [0.3, 0.4) is 0 Å². The number of esters is 1. The lowest BCUT2D eigenvalue weighted by molar-refractivity contribution is -0.137. The number of alkyl halides is 3. The summed E-state index contributed by atoms with van der Waals surface area (Å²) in [5, 5.41) is 7.57. The van der Waals surface area contributed by atoms with Crippen LogP contribution in [0.2, 0.25) is 0 Å². The normalized spacial score (nSPS) is 11.5. The Morgan fingerprint density at radius 1 is 0.895 bits per heavy atom. The molecule has 196 valence electrons. The zero-order valence-electron chi connectivity index (χ0n) is 20.2. The maximum atomic E-state index is 12.9. The number of rotatable bonds is 9. The van der Waals surface area contributed by atoms with Gasteiger partial charge in [0, 0.05) is 11.6 Å². The second kappa shape index (κ2) is 11.9.